The molecule has 0 aromatic carbocycles. The number of nitrogens with one attached hydrogen (secondary N) is 2. The van der Waals surface area contributed by atoms with E-state index in [2.05, 4.69) is 36.6 Å². The number of unbranched alkanes of at least 4 members (excludes halogenated alkanes) is 24. The molecule has 23 heteroatoms. The summed E-state index contributed by atoms with van der Waals surface area (Å²) in [5, 5.41) is 135. The zero-order valence-corrected chi connectivity index (χ0v) is 50.5. The van der Waals surface area contributed by atoms with Crippen LogP contribution in [0.2, 0.25) is 0 Å². The molecule has 0 aromatic heterocycles. The second kappa shape index (κ2) is 43.0. The van der Waals surface area contributed by atoms with Crippen LogP contribution in [0.3, 0.4) is 0 Å². The Morgan fingerprint density at radius 2 is 1.12 bits per heavy atom. The fourth-order valence-corrected chi connectivity index (χ4v) is 11.0. The predicted molar refractivity (Wildman–Crippen MR) is 311 cm³/mol. The van der Waals surface area contributed by atoms with E-state index in [1.807, 2.05) is 6.08 Å². The molecule has 23 nitrogen and oxygen atoms in total. The molecular weight excluding hydrogens is 1100 g/mol. The molecule has 84 heavy (non-hydrogen) atoms. The van der Waals surface area contributed by atoms with E-state index < -0.39 is 155 Å². The van der Waals surface area contributed by atoms with E-state index in [1.54, 1.807) is 6.08 Å². The molecular formula is C61H110N2O21. The SMILES string of the molecule is CCCCCCCCCC/C=C\CCCCCCCCCC(=O)NC(COC1OC(CO)C(OC2OC(CO)C(O)C(OC3(C(=O)O)CC(O)C(NC(C)=O)C(C(O)C(O)CO)O3)C2O)C(O)C1O)C(O)/C=C/CCCCCCCCCCC. The molecule has 490 valence electrons. The van der Waals surface area contributed by atoms with Gasteiger partial charge < -0.3 is 100 Å². The maximum absolute atomic E-state index is 13.4. The van der Waals surface area contributed by atoms with Gasteiger partial charge in [0.25, 0.3) is 5.79 Å². The van der Waals surface area contributed by atoms with Gasteiger partial charge in [-0.3, -0.25) is 9.59 Å². The van der Waals surface area contributed by atoms with Gasteiger partial charge in [0, 0.05) is 19.8 Å². The molecule has 0 aromatic rings. The largest absolute Gasteiger partial charge is 0.477 e. The molecule has 0 spiro atoms. The number of aliphatic hydroxyl groups excluding tert-OH is 11. The number of carbonyl (C=O) groups excluding carboxylic acids is 2. The monoisotopic (exact) mass is 1210 g/mol. The molecule has 3 fully saturated rings. The molecule has 0 radical (unpaired) electrons. The van der Waals surface area contributed by atoms with Gasteiger partial charge in [0.15, 0.2) is 12.6 Å². The second-order valence-corrected chi connectivity index (χ2v) is 23.3. The number of amides is 2. The number of allylic oxidation sites excluding steroid dienone is 3. The maximum Gasteiger partial charge on any atom is 0.364 e. The average molecular weight is 1210 g/mol. The first-order chi connectivity index (χ1) is 40.4. The number of carbonyl (C=O) groups is 3. The third-order valence-corrected chi connectivity index (χ3v) is 16.1. The first kappa shape index (κ1) is 75.5. The van der Waals surface area contributed by atoms with Crippen LogP contribution in [0, 0.1) is 0 Å². The first-order valence-electron chi connectivity index (χ1n) is 31.7. The van der Waals surface area contributed by atoms with Gasteiger partial charge in [0.1, 0.15) is 67.1 Å². The van der Waals surface area contributed by atoms with Crippen molar-refractivity contribution in [1.82, 2.24) is 10.6 Å². The highest BCUT2D eigenvalue weighted by atomic mass is 16.8. The normalized spacial score (nSPS) is 29.9. The third kappa shape index (κ3) is 26.5. The average Bonchev–Trinajstić information content (AvgIpc) is 2.70. The molecule has 0 bridgehead atoms. The Kier molecular flexibility index (Phi) is 38.6. The van der Waals surface area contributed by atoms with Crippen LogP contribution in [-0.2, 0) is 42.8 Å². The lowest BCUT2D eigenvalue weighted by molar-refractivity contribution is -0.386. The van der Waals surface area contributed by atoms with Gasteiger partial charge in [0.2, 0.25) is 11.8 Å². The van der Waals surface area contributed by atoms with E-state index >= 15 is 0 Å². The van der Waals surface area contributed by atoms with E-state index in [1.165, 1.54) is 89.9 Å². The van der Waals surface area contributed by atoms with E-state index in [0.29, 0.717) is 12.8 Å². The standard InChI is InChI=1S/C61H110N2O21/c1-4-6-8-10-12-14-16-17-18-19-20-21-22-23-25-27-29-31-33-35-48(71)63-42(43(68)34-32-30-28-26-24-15-13-11-9-7-5-2)40-79-58-53(75)52(74)55(47(39-66)81-58)82-59-54(76)57(51(73)46(38-65)80-59)84-61(60(77)78)36-44(69)49(62-41(3)67)56(83-61)50(72)45(70)37-64/h19-20,32,34,42-47,49-59,64-66,68-70,72-76H,4-18,21-31,33,35-40H2,1-3H3,(H,62,67)(H,63,71)(H,77,78)/b20-19-,34-32+. The first-order valence-corrected chi connectivity index (χ1v) is 31.7. The van der Waals surface area contributed by atoms with Crippen LogP contribution in [0.5, 0.6) is 0 Å². The van der Waals surface area contributed by atoms with Gasteiger partial charge >= 0.3 is 5.97 Å². The minimum absolute atomic E-state index is 0.195. The van der Waals surface area contributed by atoms with E-state index in [9.17, 15) is 75.7 Å². The van der Waals surface area contributed by atoms with Crippen LogP contribution in [0.4, 0.5) is 0 Å². The summed E-state index contributed by atoms with van der Waals surface area (Å²) in [6.45, 7) is 2.08. The number of aliphatic hydroxyl groups is 11. The lowest BCUT2D eigenvalue weighted by Crippen LogP contribution is -2.70. The van der Waals surface area contributed by atoms with E-state index in [-0.39, 0.29) is 12.3 Å². The zero-order chi connectivity index (χ0) is 61.9. The van der Waals surface area contributed by atoms with Crippen LogP contribution in [0.15, 0.2) is 24.3 Å². The number of ether oxygens (including phenoxy) is 6. The van der Waals surface area contributed by atoms with Crippen molar-refractivity contribution in [3.8, 4) is 0 Å². The van der Waals surface area contributed by atoms with Gasteiger partial charge in [-0.05, 0) is 44.9 Å². The van der Waals surface area contributed by atoms with Gasteiger partial charge in [-0.15, -0.1) is 0 Å². The molecule has 14 N–H and O–H groups in total. The fraction of sp³-hybridized carbons (Fsp3) is 0.885. The maximum atomic E-state index is 13.4. The number of carboxylic acid groups (broad SMARTS) is 1. The van der Waals surface area contributed by atoms with Crippen LogP contribution >= 0.6 is 0 Å². The molecule has 3 aliphatic heterocycles. The van der Waals surface area contributed by atoms with Crippen molar-refractivity contribution in [2.45, 2.75) is 317 Å². The lowest BCUT2D eigenvalue weighted by Gasteiger charge is -2.50. The number of hydrogen-bond acceptors (Lipinski definition) is 20. The Morgan fingerprint density at radius 1 is 0.619 bits per heavy atom. The van der Waals surface area contributed by atoms with Gasteiger partial charge in [-0.2, -0.15) is 0 Å². The summed E-state index contributed by atoms with van der Waals surface area (Å²) in [5.41, 5.74) is 0. The lowest BCUT2D eigenvalue weighted by atomic mass is 9.88. The van der Waals surface area contributed by atoms with Gasteiger partial charge in [0.05, 0.1) is 50.7 Å². The van der Waals surface area contributed by atoms with Crippen molar-refractivity contribution in [1.29, 1.82) is 0 Å². The number of hydrogen-bond donors (Lipinski definition) is 14. The summed E-state index contributed by atoms with van der Waals surface area (Å²) in [4.78, 5) is 38.4. The van der Waals surface area contributed by atoms with E-state index in [0.717, 1.165) is 77.6 Å². The highest BCUT2D eigenvalue weighted by Crippen LogP contribution is 2.38. The van der Waals surface area contributed by atoms with Gasteiger partial charge in [-0.25, -0.2) is 4.79 Å². The summed E-state index contributed by atoms with van der Waals surface area (Å²) >= 11 is 0. The Labute approximate surface area is 498 Å². The van der Waals surface area contributed by atoms with Crippen molar-refractivity contribution >= 4 is 17.8 Å². The topological polar surface area (TPSA) is 373 Å². The molecule has 18 unspecified atom stereocenters. The summed E-state index contributed by atoms with van der Waals surface area (Å²) in [6.07, 6.45) is 9.61. The number of carboxylic acids is 1. The van der Waals surface area contributed by atoms with Crippen LogP contribution in [0.1, 0.15) is 207 Å². The molecule has 3 saturated heterocycles. The van der Waals surface area contributed by atoms with Crippen LogP contribution < -0.4 is 10.6 Å². The van der Waals surface area contributed by atoms with Crippen LogP contribution in [-0.4, -0.2) is 215 Å². The summed E-state index contributed by atoms with van der Waals surface area (Å²) in [7, 11) is 0. The fourth-order valence-electron chi connectivity index (χ4n) is 11.0. The van der Waals surface area contributed by atoms with Crippen molar-refractivity contribution in [2.75, 3.05) is 26.4 Å². The van der Waals surface area contributed by atoms with Gasteiger partial charge in [-0.1, -0.05) is 167 Å². The Balaban J connectivity index is 1.63. The Morgan fingerprint density at radius 3 is 1.62 bits per heavy atom. The summed E-state index contributed by atoms with van der Waals surface area (Å²) < 4.78 is 34.7. The molecule has 3 heterocycles. The minimum atomic E-state index is -3.08. The molecule has 3 rings (SSSR count). The summed E-state index contributed by atoms with van der Waals surface area (Å²) in [5.74, 6) is -6.15. The molecule has 3 aliphatic rings. The van der Waals surface area contributed by atoms with E-state index in [4.69, 9.17) is 28.4 Å². The number of aliphatic carboxylic acids is 1. The highest BCUT2D eigenvalue weighted by molar-refractivity contribution is 5.77. The Bertz CT molecular complexity index is 1820. The van der Waals surface area contributed by atoms with Crippen molar-refractivity contribution in [2.24, 2.45) is 0 Å². The molecule has 0 saturated carbocycles. The van der Waals surface area contributed by atoms with Crippen LogP contribution in [0.25, 0.3) is 0 Å². The van der Waals surface area contributed by atoms with Crippen molar-refractivity contribution < 1.29 is 104 Å². The molecule has 2 amide bonds. The third-order valence-electron chi connectivity index (χ3n) is 16.1. The number of rotatable bonds is 46. The molecule has 18 atom stereocenters. The second-order valence-electron chi connectivity index (χ2n) is 23.3. The van der Waals surface area contributed by atoms with Crippen molar-refractivity contribution in [3.05, 3.63) is 24.3 Å². The highest BCUT2D eigenvalue weighted by Gasteiger charge is 2.60. The molecule has 0 aliphatic carbocycles. The zero-order valence-electron chi connectivity index (χ0n) is 50.5. The summed E-state index contributed by atoms with van der Waals surface area (Å²) in [6, 6.07) is -2.62. The smallest absolute Gasteiger partial charge is 0.364 e. The minimum Gasteiger partial charge on any atom is -0.477 e. The Hall–Kier alpha value is -2.79. The quantitative estimate of drug-likeness (QED) is 0.0305. The predicted octanol–water partition coefficient (Wildman–Crippen LogP) is 3.72. The van der Waals surface area contributed by atoms with Crippen molar-refractivity contribution in [3.63, 3.8) is 0 Å².